The fourth-order valence-corrected chi connectivity index (χ4v) is 2.13. The van der Waals surface area contributed by atoms with E-state index in [9.17, 15) is 9.90 Å². The highest BCUT2D eigenvalue weighted by Gasteiger charge is 2.08. The summed E-state index contributed by atoms with van der Waals surface area (Å²) >= 11 is 0. The Kier molecular flexibility index (Phi) is 2.38. The predicted molar refractivity (Wildman–Crippen MR) is 70.8 cm³/mol. The summed E-state index contributed by atoms with van der Waals surface area (Å²) in [5, 5.41) is 10.7. The van der Waals surface area contributed by atoms with E-state index in [1.165, 1.54) is 0 Å². The lowest BCUT2D eigenvalue weighted by atomic mass is 10.1. The van der Waals surface area contributed by atoms with E-state index >= 15 is 0 Å². The number of rotatable bonds is 2. The minimum absolute atomic E-state index is 0.219. The van der Waals surface area contributed by atoms with Crippen LogP contribution in [0.15, 0.2) is 48.5 Å². The van der Waals surface area contributed by atoms with Crippen LogP contribution < -0.4 is 0 Å². The number of aldehydes is 1. The molecule has 0 aliphatic heterocycles. The van der Waals surface area contributed by atoms with Gasteiger partial charge in [-0.1, -0.05) is 24.3 Å². The quantitative estimate of drug-likeness (QED) is 0.671. The fourth-order valence-electron chi connectivity index (χ4n) is 2.13. The normalized spacial score (nSPS) is 10.7. The number of fused-ring (bicyclic) bond motifs is 1. The summed E-state index contributed by atoms with van der Waals surface area (Å²) < 4.78 is 0. The van der Waals surface area contributed by atoms with E-state index in [1.54, 1.807) is 18.2 Å². The number of hydrogen-bond acceptors (Lipinski definition) is 2. The van der Waals surface area contributed by atoms with Gasteiger partial charge in [-0.25, -0.2) is 0 Å². The fraction of sp³-hybridized carbons (Fsp3) is 0. The Bertz CT molecular complexity index is 728. The number of phenolic OH excluding ortho intramolecular Hbond substituents is 1. The van der Waals surface area contributed by atoms with Crippen molar-refractivity contribution in [1.82, 2.24) is 4.98 Å². The minimum Gasteiger partial charge on any atom is -0.507 e. The summed E-state index contributed by atoms with van der Waals surface area (Å²) in [5.74, 6) is 0.219. The Morgan fingerprint density at radius 3 is 2.67 bits per heavy atom. The highest BCUT2D eigenvalue weighted by molar-refractivity contribution is 5.99. The number of para-hydroxylation sites is 1. The second-order valence-corrected chi connectivity index (χ2v) is 4.13. The third kappa shape index (κ3) is 1.57. The van der Waals surface area contributed by atoms with Gasteiger partial charge in [-0.05, 0) is 24.3 Å². The number of aromatic nitrogens is 1. The van der Waals surface area contributed by atoms with Gasteiger partial charge < -0.3 is 10.1 Å². The molecule has 0 bridgehead atoms. The third-order valence-electron chi connectivity index (χ3n) is 3.02. The topological polar surface area (TPSA) is 53.1 Å². The number of benzene rings is 2. The molecular weight excluding hydrogens is 226 g/mol. The second kappa shape index (κ2) is 4.04. The molecule has 3 aromatic rings. The Hall–Kier alpha value is -2.55. The van der Waals surface area contributed by atoms with E-state index in [2.05, 4.69) is 4.98 Å². The molecule has 0 radical (unpaired) electrons. The van der Waals surface area contributed by atoms with Crippen molar-refractivity contribution in [3.63, 3.8) is 0 Å². The van der Waals surface area contributed by atoms with Crippen molar-refractivity contribution in [2.45, 2.75) is 0 Å². The Morgan fingerprint density at radius 1 is 1.06 bits per heavy atom. The van der Waals surface area contributed by atoms with E-state index in [4.69, 9.17) is 0 Å². The third-order valence-corrected chi connectivity index (χ3v) is 3.02. The molecule has 1 heterocycles. The van der Waals surface area contributed by atoms with Gasteiger partial charge in [0, 0.05) is 22.0 Å². The molecule has 2 aromatic carbocycles. The zero-order valence-electron chi connectivity index (χ0n) is 9.55. The number of aromatic hydroxyl groups is 1. The first-order valence-corrected chi connectivity index (χ1v) is 5.65. The van der Waals surface area contributed by atoms with Gasteiger partial charge in [0.1, 0.15) is 5.75 Å². The number of H-pyrrole nitrogens is 1. The first-order valence-electron chi connectivity index (χ1n) is 5.65. The molecule has 18 heavy (non-hydrogen) atoms. The molecule has 3 heteroatoms. The Labute approximate surface area is 104 Å². The van der Waals surface area contributed by atoms with Crippen LogP contribution in [-0.4, -0.2) is 16.4 Å². The highest BCUT2D eigenvalue weighted by atomic mass is 16.3. The van der Waals surface area contributed by atoms with Gasteiger partial charge in [-0.2, -0.15) is 0 Å². The molecule has 0 spiro atoms. The monoisotopic (exact) mass is 237 g/mol. The first-order chi connectivity index (χ1) is 8.79. The summed E-state index contributed by atoms with van der Waals surface area (Å²) in [6.45, 7) is 0. The van der Waals surface area contributed by atoms with Crippen molar-refractivity contribution in [1.29, 1.82) is 0 Å². The summed E-state index contributed by atoms with van der Waals surface area (Å²) in [4.78, 5) is 14.2. The number of nitrogens with one attached hydrogen (secondary N) is 1. The van der Waals surface area contributed by atoms with Crippen molar-refractivity contribution in [3.8, 4) is 17.0 Å². The second-order valence-electron chi connectivity index (χ2n) is 4.13. The lowest BCUT2D eigenvalue weighted by Crippen LogP contribution is -1.78. The Balaban J connectivity index is 2.26. The van der Waals surface area contributed by atoms with E-state index in [1.807, 2.05) is 30.3 Å². The molecule has 1 aromatic heterocycles. The van der Waals surface area contributed by atoms with Crippen LogP contribution in [0.5, 0.6) is 5.75 Å². The maximum atomic E-state index is 11.0. The number of carbonyl (C=O) groups excluding carboxylic acids is 1. The molecule has 0 atom stereocenters. The zero-order chi connectivity index (χ0) is 12.5. The first kappa shape index (κ1) is 10.6. The highest BCUT2D eigenvalue weighted by Crippen LogP contribution is 2.31. The van der Waals surface area contributed by atoms with Crippen LogP contribution in [0, 0.1) is 0 Å². The van der Waals surface area contributed by atoms with Gasteiger partial charge in [0.2, 0.25) is 0 Å². The molecule has 0 unspecified atom stereocenters. The number of hydrogen-bond donors (Lipinski definition) is 2. The molecule has 0 amide bonds. The molecule has 2 N–H and O–H groups in total. The molecule has 0 fully saturated rings. The standard InChI is InChI=1S/C15H11NO2/c17-9-10-4-3-6-13-12(10)8-14(16-13)11-5-1-2-7-15(11)18/h1-9,16,18H. The average Bonchev–Trinajstić information content (AvgIpc) is 2.82. The van der Waals surface area contributed by atoms with Gasteiger partial charge >= 0.3 is 0 Å². The number of carbonyl (C=O) groups is 1. The molecule has 0 saturated heterocycles. The van der Waals surface area contributed by atoms with Gasteiger partial charge in [-0.15, -0.1) is 0 Å². The summed E-state index contributed by atoms with van der Waals surface area (Å²) in [6.07, 6.45) is 0.838. The summed E-state index contributed by atoms with van der Waals surface area (Å²) in [5.41, 5.74) is 3.06. The molecule has 0 saturated carbocycles. The van der Waals surface area contributed by atoms with Crippen LogP contribution >= 0.6 is 0 Å². The van der Waals surface area contributed by atoms with Crippen molar-refractivity contribution < 1.29 is 9.90 Å². The molecule has 0 aliphatic carbocycles. The largest absolute Gasteiger partial charge is 0.507 e. The van der Waals surface area contributed by atoms with Gasteiger partial charge in [0.15, 0.2) is 6.29 Å². The van der Waals surface area contributed by atoms with Crippen LogP contribution in [0.4, 0.5) is 0 Å². The molecule has 3 nitrogen and oxygen atoms in total. The zero-order valence-corrected chi connectivity index (χ0v) is 9.55. The van der Waals surface area contributed by atoms with Crippen molar-refractivity contribution in [3.05, 3.63) is 54.1 Å². The predicted octanol–water partition coefficient (Wildman–Crippen LogP) is 3.35. The smallest absolute Gasteiger partial charge is 0.150 e. The summed E-state index contributed by atoms with van der Waals surface area (Å²) in [6, 6.07) is 14.5. The van der Waals surface area contributed by atoms with E-state index in [0.29, 0.717) is 5.56 Å². The van der Waals surface area contributed by atoms with Crippen LogP contribution in [0.3, 0.4) is 0 Å². The van der Waals surface area contributed by atoms with Gasteiger partial charge in [0.05, 0.1) is 5.69 Å². The number of aromatic amines is 1. The molecule has 0 aliphatic rings. The van der Waals surface area contributed by atoms with E-state index < -0.39 is 0 Å². The van der Waals surface area contributed by atoms with Gasteiger partial charge in [-0.3, -0.25) is 4.79 Å². The minimum atomic E-state index is 0.219. The average molecular weight is 237 g/mol. The Morgan fingerprint density at radius 2 is 1.89 bits per heavy atom. The van der Waals surface area contributed by atoms with Crippen LogP contribution in [0.25, 0.3) is 22.2 Å². The van der Waals surface area contributed by atoms with Crippen LogP contribution in [0.1, 0.15) is 10.4 Å². The summed E-state index contributed by atoms with van der Waals surface area (Å²) in [7, 11) is 0. The number of phenols is 1. The SMILES string of the molecule is O=Cc1cccc2[nH]c(-c3ccccc3O)cc12. The van der Waals surface area contributed by atoms with E-state index in [0.717, 1.165) is 28.4 Å². The maximum Gasteiger partial charge on any atom is 0.150 e. The molecule has 3 rings (SSSR count). The molecular formula is C15H11NO2. The lowest BCUT2D eigenvalue weighted by molar-refractivity contribution is 0.112. The van der Waals surface area contributed by atoms with E-state index in [-0.39, 0.29) is 5.75 Å². The van der Waals surface area contributed by atoms with Crippen molar-refractivity contribution in [2.75, 3.05) is 0 Å². The van der Waals surface area contributed by atoms with Crippen LogP contribution in [-0.2, 0) is 0 Å². The lowest BCUT2D eigenvalue weighted by Gasteiger charge is -2.00. The van der Waals surface area contributed by atoms with Crippen molar-refractivity contribution >= 4 is 17.2 Å². The van der Waals surface area contributed by atoms with Crippen LogP contribution in [0.2, 0.25) is 0 Å². The maximum absolute atomic E-state index is 11.0. The van der Waals surface area contributed by atoms with Crippen molar-refractivity contribution in [2.24, 2.45) is 0 Å². The molecule has 88 valence electrons. The van der Waals surface area contributed by atoms with Gasteiger partial charge in [0.25, 0.3) is 0 Å².